The topological polar surface area (TPSA) is 124 Å². The molecule has 3 rings (SSSR count). The van der Waals surface area contributed by atoms with Gasteiger partial charge in [-0.2, -0.15) is 5.26 Å². The number of carbonyl (C=O) groups is 1. The molecular weight excluding hydrogens is 537 g/mol. The molecule has 0 bridgehead atoms. The van der Waals surface area contributed by atoms with Gasteiger partial charge in [-0.15, -0.1) is 0 Å². The SMILES string of the molecule is COc1ccc(NC(=O)/C(C#N)=C/c2cc(Br)c(OCc3ccc(F)cc3)c(OC)c2)c([N+](=O)[O-])c1. The first-order valence-electron chi connectivity index (χ1n) is 10.3. The summed E-state index contributed by atoms with van der Waals surface area (Å²) in [5.74, 6) is -0.253. The average molecular weight is 556 g/mol. The number of hydrogen-bond donors (Lipinski definition) is 1. The zero-order valence-corrected chi connectivity index (χ0v) is 20.7. The van der Waals surface area contributed by atoms with Gasteiger partial charge in [0.2, 0.25) is 0 Å². The van der Waals surface area contributed by atoms with E-state index >= 15 is 0 Å². The molecule has 3 aromatic rings. The van der Waals surface area contributed by atoms with E-state index in [-0.39, 0.29) is 35.1 Å². The van der Waals surface area contributed by atoms with Crippen molar-refractivity contribution in [3.8, 4) is 23.3 Å². The molecule has 0 radical (unpaired) electrons. The number of ether oxygens (including phenoxy) is 3. The molecule has 9 nitrogen and oxygen atoms in total. The number of benzene rings is 3. The predicted octanol–water partition coefficient (Wildman–Crippen LogP) is 5.64. The van der Waals surface area contributed by atoms with Crippen LogP contribution < -0.4 is 19.5 Å². The zero-order valence-electron chi connectivity index (χ0n) is 19.1. The van der Waals surface area contributed by atoms with E-state index in [9.17, 15) is 24.6 Å². The number of amides is 1. The van der Waals surface area contributed by atoms with E-state index in [1.807, 2.05) is 0 Å². The van der Waals surface area contributed by atoms with Crippen molar-refractivity contribution in [3.63, 3.8) is 0 Å². The Balaban J connectivity index is 1.84. The highest BCUT2D eigenvalue weighted by molar-refractivity contribution is 9.10. The first-order valence-corrected chi connectivity index (χ1v) is 11.0. The fraction of sp³-hybridized carbons (Fsp3) is 0.120. The van der Waals surface area contributed by atoms with E-state index in [0.29, 0.717) is 21.5 Å². The molecule has 0 saturated carbocycles. The number of methoxy groups -OCH3 is 2. The quantitative estimate of drug-likeness (QED) is 0.157. The summed E-state index contributed by atoms with van der Waals surface area (Å²) in [6.07, 6.45) is 1.31. The Hall–Kier alpha value is -4.43. The zero-order chi connectivity index (χ0) is 26.2. The van der Waals surface area contributed by atoms with Crippen LogP contribution in [0.5, 0.6) is 17.2 Å². The van der Waals surface area contributed by atoms with Gasteiger partial charge in [-0.05, 0) is 69.5 Å². The van der Waals surface area contributed by atoms with Crippen molar-refractivity contribution in [1.29, 1.82) is 5.26 Å². The minimum absolute atomic E-state index is 0.0877. The maximum Gasteiger partial charge on any atom is 0.296 e. The van der Waals surface area contributed by atoms with Crippen LogP contribution in [0.25, 0.3) is 6.08 Å². The molecule has 0 heterocycles. The summed E-state index contributed by atoms with van der Waals surface area (Å²) in [6, 6.07) is 14.8. The summed E-state index contributed by atoms with van der Waals surface area (Å²) < 4.78 is 29.8. The van der Waals surface area contributed by atoms with Gasteiger partial charge in [0, 0.05) is 0 Å². The van der Waals surface area contributed by atoms with Gasteiger partial charge in [0.15, 0.2) is 11.5 Å². The van der Waals surface area contributed by atoms with E-state index in [0.717, 1.165) is 11.6 Å². The van der Waals surface area contributed by atoms with Crippen LogP contribution in [0.15, 0.2) is 64.6 Å². The Morgan fingerprint density at radius 3 is 2.50 bits per heavy atom. The minimum atomic E-state index is -0.836. The lowest BCUT2D eigenvalue weighted by Gasteiger charge is -2.14. The molecule has 0 unspecified atom stereocenters. The minimum Gasteiger partial charge on any atom is -0.496 e. The van der Waals surface area contributed by atoms with Crippen molar-refractivity contribution >= 4 is 39.3 Å². The Kier molecular flexibility index (Phi) is 8.59. The normalized spacial score (nSPS) is 10.8. The molecule has 3 aromatic carbocycles. The molecule has 0 aromatic heterocycles. The largest absolute Gasteiger partial charge is 0.496 e. The Morgan fingerprint density at radius 2 is 1.89 bits per heavy atom. The maximum absolute atomic E-state index is 13.1. The number of nitro benzene ring substituents is 1. The standard InChI is InChI=1S/C25H19BrFN3O6/c1-34-19-7-8-21(22(12-19)30(32)33)29-25(31)17(13-28)9-16-10-20(26)24(23(11-16)35-2)36-14-15-3-5-18(27)6-4-15/h3-12H,14H2,1-2H3,(H,29,31)/b17-9+. The third-order valence-corrected chi connectivity index (χ3v) is 5.46. The lowest BCUT2D eigenvalue weighted by atomic mass is 10.1. The smallest absolute Gasteiger partial charge is 0.296 e. The molecule has 1 N–H and O–H groups in total. The molecule has 0 saturated heterocycles. The number of hydrogen-bond acceptors (Lipinski definition) is 7. The molecule has 0 aliphatic carbocycles. The van der Waals surface area contributed by atoms with Crippen molar-refractivity contribution in [3.05, 3.63) is 91.7 Å². The molecule has 11 heteroatoms. The van der Waals surface area contributed by atoms with Crippen LogP contribution in [0, 0.1) is 27.3 Å². The van der Waals surface area contributed by atoms with E-state index in [1.54, 1.807) is 30.3 Å². The van der Waals surface area contributed by atoms with E-state index in [4.69, 9.17) is 14.2 Å². The summed E-state index contributed by atoms with van der Waals surface area (Å²) in [5, 5.41) is 23.3. The highest BCUT2D eigenvalue weighted by Crippen LogP contribution is 2.38. The number of nitrogens with one attached hydrogen (secondary N) is 1. The van der Waals surface area contributed by atoms with E-state index in [1.165, 1.54) is 44.6 Å². The lowest BCUT2D eigenvalue weighted by molar-refractivity contribution is -0.384. The van der Waals surface area contributed by atoms with Gasteiger partial charge >= 0.3 is 0 Å². The number of halogens is 2. The molecule has 0 fully saturated rings. The molecule has 184 valence electrons. The van der Waals surface area contributed by atoms with Crippen molar-refractivity contribution in [2.24, 2.45) is 0 Å². The van der Waals surface area contributed by atoms with Crippen molar-refractivity contribution < 1.29 is 28.3 Å². The first kappa shape index (κ1) is 26.2. The summed E-state index contributed by atoms with van der Waals surface area (Å²) in [6.45, 7) is 0.150. The second-order valence-corrected chi connectivity index (χ2v) is 8.07. The van der Waals surface area contributed by atoms with Crippen molar-refractivity contribution in [2.75, 3.05) is 19.5 Å². The van der Waals surface area contributed by atoms with Crippen LogP contribution in [-0.2, 0) is 11.4 Å². The highest BCUT2D eigenvalue weighted by atomic mass is 79.9. The van der Waals surface area contributed by atoms with Gasteiger partial charge in [0.1, 0.15) is 35.5 Å². The monoisotopic (exact) mass is 555 g/mol. The summed E-state index contributed by atoms with van der Waals surface area (Å²) >= 11 is 3.40. The Morgan fingerprint density at radius 1 is 1.17 bits per heavy atom. The molecule has 1 amide bonds. The fourth-order valence-corrected chi connectivity index (χ4v) is 3.67. The second-order valence-electron chi connectivity index (χ2n) is 7.21. The van der Waals surface area contributed by atoms with Crippen LogP contribution in [0.1, 0.15) is 11.1 Å². The third-order valence-electron chi connectivity index (χ3n) is 4.87. The van der Waals surface area contributed by atoms with Gasteiger partial charge < -0.3 is 19.5 Å². The van der Waals surface area contributed by atoms with Crippen LogP contribution in [-0.4, -0.2) is 25.1 Å². The van der Waals surface area contributed by atoms with Crippen LogP contribution >= 0.6 is 15.9 Å². The highest BCUT2D eigenvalue weighted by Gasteiger charge is 2.20. The number of anilines is 1. The number of rotatable bonds is 9. The van der Waals surface area contributed by atoms with Crippen LogP contribution in [0.4, 0.5) is 15.8 Å². The molecule has 0 spiro atoms. The maximum atomic E-state index is 13.1. The Labute approximate surface area is 214 Å². The van der Waals surface area contributed by atoms with E-state index < -0.39 is 10.8 Å². The van der Waals surface area contributed by atoms with Crippen LogP contribution in [0.2, 0.25) is 0 Å². The summed E-state index contributed by atoms with van der Waals surface area (Å²) in [7, 11) is 2.79. The second kappa shape index (κ2) is 11.8. The van der Waals surface area contributed by atoms with Gasteiger partial charge in [-0.3, -0.25) is 14.9 Å². The van der Waals surface area contributed by atoms with Crippen LogP contribution in [0.3, 0.4) is 0 Å². The Bertz CT molecular complexity index is 1370. The van der Waals surface area contributed by atoms with Gasteiger partial charge in [-0.1, -0.05) is 12.1 Å². The van der Waals surface area contributed by atoms with Crippen molar-refractivity contribution in [2.45, 2.75) is 6.61 Å². The van der Waals surface area contributed by atoms with Gasteiger partial charge in [0.25, 0.3) is 11.6 Å². The molecular formula is C25H19BrFN3O6. The number of carbonyl (C=O) groups excluding carboxylic acids is 1. The predicted molar refractivity (Wildman–Crippen MR) is 133 cm³/mol. The van der Waals surface area contributed by atoms with Gasteiger partial charge in [-0.25, -0.2) is 4.39 Å². The number of nitrogens with zero attached hydrogens (tertiary/aromatic N) is 2. The molecule has 36 heavy (non-hydrogen) atoms. The average Bonchev–Trinajstić information content (AvgIpc) is 2.87. The number of nitro groups is 1. The first-order chi connectivity index (χ1) is 17.2. The summed E-state index contributed by atoms with van der Waals surface area (Å²) in [4.78, 5) is 23.4. The molecule has 0 atom stereocenters. The fourth-order valence-electron chi connectivity index (χ4n) is 3.10. The summed E-state index contributed by atoms with van der Waals surface area (Å²) in [5.41, 5.74) is 0.408. The lowest BCUT2D eigenvalue weighted by Crippen LogP contribution is -2.14. The van der Waals surface area contributed by atoms with Gasteiger partial charge in [0.05, 0.1) is 29.7 Å². The van der Waals surface area contributed by atoms with Crippen molar-refractivity contribution in [1.82, 2.24) is 0 Å². The van der Waals surface area contributed by atoms with E-state index in [2.05, 4.69) is 21.2 Å². The molecule has 0 aliphatic rings. The molecule has 0 aliphatic heterocycles. The number of nitriles is 1. The third kappa shape index (κ3) is 6.37.